The molecule has 0 atom stereocenters. The van der Waals surface area contributed by atoms with Crippen LogP contribution in [0.15, 0.2) is 54.9 Å². The van der Waals surface area contributed by atoms with Crippen LogP contribution in [0.2, 0.25) is 0 Å². The van der Waals surface area contributed by atoms with Crippen LogP contribution in [0.25, 0.3) is 0 Å². The van der Waals surface area contributed by atoms with Crippen LogP contribution in [0.4, 0.5) is 10.5 Å². The van der Waals surface area contributed by atoms with Crippen LogP contribution in [-0.2, 0) is 0 Å². The van der Waals surface area contributed by atoms with Crippen molar-refractivity contribution in [3.05, 3.63) is 60.4 Å². The third kappa shape index (κ3) is 2.85. The van der Waals surface area contributed by atoms with E-state index in [0.29, 0.717) is 5.56 Å². The molecule has 0 aliphatic rings. The smallest absolute Gasteiger partial charge is 0.295 e. The molecule has 0 aliphatic carbocycles. The number of nitrogens with zero attached hydrogens (tertiary/aromatic N) is 2. The van der Waals surface area contributed by atoms with E-state index in [4.69, 9.17) is 0 Å². The van der Waals surface area contributed by atoms with Crippen LogP contribution in [0.3, 0.4) is 0 Å². The fourth-order valence-electron chi connectivity index (χ4n) is 1.72. The molecule has 0 saturated carbocycles. The Kier molecular flexibility index (Phi) is 3.71. The SMILES string of the molecule is CC(=O)c1cc[n+](C(=O)N(C)c2ccccc2)cc1. The average Bonchev–Trinajstić information content (AvgIpc) is 2.46. The predicted octanol–water partition coefficient (Wildman–Crippen LogP) is 2.28. The lowest BCUT2D eigenvalue weighted by atomic mass is 10.2. The summed E-state index contributed by atoms with van der Waals surface area (Å²) in [5, 5.41) is 0. The van der Waals surface area contributed by atoms with Gasteiger partial charge in [-0.05, 0) is 31.2 Å². The number of pyridine rings is 1. The van der Waals surface area contributed by atoms with Crippen LogP contribution in [-0.4, -0.2) is 18.9 Å². The first kappa shape index (κ1) is 13.0. The Morgan fingerprint density at radius 3 is 2.11 bits per heavy atom. The highest BCUT2D eigenvalue weighted by atomic mass is 16.2. The lowest BCUT2D eigenvalue weighted by Crippen LogP contribution is -2.50. The van der Waals surface area contributed by atoms with E-state index in [9.17, 15) is 9.59 Å². The second-order valence-corrected chi connectivity index (χ2v) is 4.23. The summed E-state index contributed by atoms with van der Waals surface area (Å²) in [6, 6.07) is 12.5. The first-order valence-corrected chi connectivity index (χ1v) is 5.95. The number of carbonyl (C=O) groups excluding carboxylic acids is 2. The Morgan fingerprint density at radius 2 is 1.58 bits per heavy atom. The van der Waals surface area contributed by atoms with Gasteiger partial charge in [0.2, 0.25) is 0 Å². The molecule has 0 unspecified atom stereocenters. The molecule has 0 N–H and O–H groups in total. The van der Waals surface area contributed by atoms with E-state index in [1.807, 2.05) is 30.3 Å². The van der Waals surface area contributed by atoms with Gasteiger partial charge < -0.3 is 0 Å². The van der Waals surface area contributed by atoms with Gasteiger partial charge in [0.1, 0.15) is 18.1 Å². The summed E-state index contributed by atoms with van der Waals surface area (Å²) in [6.07, 6.45) is 3.19. The molecular formula is C15H15N2O2+. The second kappa shape index (κ2) is 5.44. The van der Waals surface area contributed by atoms with Gasteiger partial charge >= 0.3 is 6.03 Å². The van der Waals surface area contributed by atoms with E-state index >= 15 is 0 Å². The molecule has 0 bridgehead atoms. The standard InChI is InChI=1S/C15H15N2O2/c1-12(18)13-8-10-17(11-9-13)15(19)16(2)14-6-4-3-5-7-14/h3-11H,1-2H3/q+1. The van der Waals surface area contributed by atoms with Crippen LogP contribution in [0.1, 0.15) is 17.3 Å². The first-order valence-electron chi connectivity index (χ1n) is 5.95. The molecule has 2 rings (SSSR count). The number of para-hydroxylation sites is 1. The Morgan fingerprint density at radius 1 is 1.00 bits per heavy atom. The number of hydrogen-bond donors (Lipinski definition) is 0. The highest BCUT2D eigenvalue weighted by Crippen LogP contribution is 2.10. The minimum Gasteiger partial charge on any atom is -0.295 e. The van der Waals surface area contributed by atoms with Crippen molar-refractivity contribution in [2.75, 3.05) is 11.9 Å². The first-order chi connectivity index (χ1) is 9.09. The number of amides is 1. The Labute approximate surface area is 111 Å². The van der Waals surface area contributed by atoms with Gasteiger partial charge in [-0.15, -0.1) is 0 Å². The average molecular weight is 255 g/mol. The molecule has 4 nitrogen and oxygen atoms in total. The predicted molar refractivity (Wildman–Crippen MR) is 72.3 cm³/mol. The van der Waals surface area contributed by atoms with E-state index in [1.54, 1.807) is 36.5 Å². The van der Waals surface area contributed by atoms with Gasteiger partial charge in [0.15, 0.2) is 5.78 Å². The van der Waals surface area contributed by atoms with Crippen molar-refractivity contribution in [3.63, 3.8) is 0 Å². The highest BCUT2D eigenvalue weighted by Gasteiger charge is 2.21. The molecule has 0 aliphatic heterocycles. The largest absolute Gasteiger partial charge is 0.502 e. The van der Waals surface area contributed by atoms with Gasteiger partial charge in [-0.25, -0.2) is 0 Å². The fourth-order valence-corrected chi connectivity index (χ4v) is 1.72. The van der Waals surface area contributed by atoms with Gasteiger partial charge in [-0.2, -0.15) is 14.3 Å². The van der Waals surface area contributed by atoms with Gasteiger partial charge in [-0.1, -0.05) is 18.2 Å². The summed E-state index contributed by atoms with van der Waals surface area (Å²) in [7, 11) is 1.71. The van der Waals surface area contributed by atoms with Crippen molar-refractivity contribution in [3.8, 4) is 0 Å². The van der Waals surface area contributed by atoms with Crippen molar-refractivity contribution in [1.82, 2.24) is 0 Å². The van der Waals surface area contributed by atoms with Crippen molar-refractivity contribution in [2.24, 2.45) is 0 Å². The number of anilines is 1. The summed E-state index contributed by atoms with van der Waals surface area (Å²) in [5.74, 6) is -0.0176. The number of Topliss-reactive ketones (excluding diaryl/α,β-unsaturated/α-hetero) is 1. The highest BCUT2D eigenvalue weighted by molar-refractivity contribution is 5.93. The normalized spacial score (nSPS) is 10.0. The number of ketones is 1. The summed E-state index contributed by atoms with van der Waals surface area (Å²) in [4.78, 5) is 25.0. The fraction of sp³-hybridized carbons (Fsp3) is 0.133. The van der Waals surface area contributed by atoms with Gasteiger partial charge in [0.05, 0.1) is 7.05 Å². The Balaban J connectivity index is 2.22. The van der Waals surface area contributed by atoms with Crippen molar-refractivity contribution < 1.29 is 14.2 Å². The van der Waals surface area contributed by atoms with E-state index in [1.165, 1.54) is 11.5 Å². The minimum atomic E-state index is -0.179. The van der Waals surface area contributed by atoms with E-state index in [-0.39, 0.29) is 11.8 Å². The zero-order chi connectivity index (χ0) is 13.8. The molecule has 0 fully saturated rings. The van der Waals surface area contributed by atoms with E-state index in [2.05, 4.69) is 0 Å². The van der Waals surface area contributed by atoms with Gasteiger partial charge in [0.25, 0.3) is 0 Å². The molecule has 19 heavy (non-hydrogen) atoms. The summed E-state index contributed by atoms with van der Waals surface area (Å²) < 4.78 is 1.44. The quantitative estimate of drug-likeness (QED) is 0.610. The third-order valence-electron chi connectivity index (χ3n) is 2.89. The van der Waals surface area contributed by atoms with Crippen molar-refractivity contribution >= 4 is 17.5 Å². The van der Waals surface area contributed by atoms with Crippen LogP contribution in [0, 0.1) is 0 Å². The molecule has 1 amide bonds. The number of carbonyl (C=O) groups is 2. The maximum Gasteiger partial charge on any atom is 0.502 e. The zero-order valence-electron chi connectivity index (χ0n) is 10.9. The van der Waals surface area contributed by atoms with Crippen molar-refractivity contribution in [2.45, 2.75) is 6.92 Å². The molecule has 0 spiro atoms. The van der Waals surface area contributed by atoms with Crippen LogP contribution >= 0.6 is 0 Å². The number of benzene rings is 1. The number of hydrogen-bond acceptors (Lipinski definition) is 2. The van der Waals surface area contributed by atoms with E-state index in [0.717, 1.165) is 5.69 Å². The maximum atomic E-state index is 12.2. The molecule has 0 radical (unpaired) electrons. The van der Waals surface area contributed by atoms with Gasteiger partial charge in [0, 0.05) is 5.56 Å². The lowest BCUT2D eigenvalue weighted by Gasteiger charge is -2.09. The molecule has 1 aromatic heterocycles. The third-order valence-corrected chi connectivity index (χ3v) is 2.89. The van der Waals surface area contributed by atoms with E-state index < -0.39 is 0 Å². The Hall–Kier alpha value is -2.49. The lowest BCUT2D eigenvalue weighted by molar-refractivity contribution is -0.569. The maximum absolute atomic E-state index is 12.2. The summed E-state index contributed by atoms with van der Waals surface area (Å²) in [5.41, 5.74) is 1.40. The van der Waals surface area contributed by atoms with Crippen LogP contribution < -0.4 is 9.47 Å². The Bertz CT molecular complexity index is 591. The molecule has 1 heterocycles. The molecule has 1 aromatic carbocycles. The zero-order valence-corrected chi connectivity index (χ0v) is 10.9. The minimum absolute atomic E-state index is 0.0176. The molecular weight excluding hydrogens is 240 g/mol. The van der Waals surface area contributed by atoms with Crippen LogP contribution in [0.5, 0.6) is 0 Å². The summed E-state index contributed by atoms with van der Waals surface area (Å²) >= 11 is 0. The molecule has 0 saturated heterocycles. The van der Waals surface area contributed by atoms with Gasteiger partial charge in [-0.3, -0.25) is 4.79 Å². The molecule has 4 heteroatoms. The second-order valence-electron chi connectivity index (χ2n) is 4.23. The monoisotopic (exact) mass is 255 g/mol. The van der Waals surface area contributed by atoms with Crippen molar-refractivity contribution in [1.29, 1.82) is 0 Å². The number of aromatic nitrogens is 1. The topological polar surface area (TPSA) is 41.3 Å². The molecule has 96 valence electrons. The summed E-state index contributed by atoms with van der Waals surface area (Å²) in [6.45, 7) is 1.50. The molecule has 2 aromatic rings. The number of rotatable bonds is 2.